The van der Waals surface area contributed by atoms with E-state index in [9.17, 15) is 19.3 Å². The van der Waals surface area contributed by atoms with Gasteiger partial charge in [0.05, 0.1) is 11.0 Å². The minimum absolute atomic E-state index is 0.0373. The molecule has 1 heterocycles. The van der Waals surface area contributed by atoms with E-state index in [2.05, 4.69) is 15.3 Å². The van der Waals surface area contributed by atoms with E-state index in [1.807, 2.05) is 20.8 Å². The lowest BCUT2D eigenvalue weighted by Crippen LogP contribution is -2.18. The van der Waals surface area contributed by atoms with Crippen LogP contribution >= 0.6 is 0 Å². The van der Waals surface area contributed by atoms with Crippen molar-refractivity contribution in [2.75, 3.05) is 5.32 Å². The molecule has 1 amide bonds. The van der Waals surface area contributed by atoms with Crippen molar-refractivity contribution in [1.82, 2.24) is 9.97 Å². The summed E-state index contributed by atoms with van der Waals surface area (Å²) in [6.07, 6.45) is -1.33. The minimum Gasteiger partial charge on any atom is -0.465 e. The zero-order valence-electron chi connectivity index (χ0n) is 13.6. The Bertz CT molecular complexity index is 835. The van der Waals surface area contributed by atoms with Crippen molar-refractivity contribution in [3.05, 3.63) is 46.0 Å². The van der Waals surface area contributed by atoms with Crippen LogP contribution in [-0.4, -0.2) is 26.1 Å². The van der Waals surface area contributed by atoms with Crippen LogP contribution in [0.3, 0.4) is 0 Å². The number of aromatic nitrogens is 2. The Morgan fingerprint density at radius 3 is 2.52 bits per heavy atom. The fourth-order valence-electron chi connectivity index (χ4n) is 1.79. The molecule has 0 fully saturated rings. The van der Waals surface area contributed by atoms with Crippen molar-refractivity contribution in [3.63, 3.8) is 0 Å². The average Bonchev–Trinajstić information content (AvgIpc) is 2.47. The highest BCUT2D eigenvalue weighted by Gasteiger charge is 2.21. The maximum absolute atomic E-state index is 14.0. The Morgan fingerprint density at radius 2 is 2.00 bits per heavy atom. The molecule has 0 aliphatic heterocycles. The van der Waals surface area contributed by atoms with Crippen molar-refractivity contribution >= 4 is 17.6 Å². The number of nitro benzene ring substituents is 1. The highest BCUT2D eigenvalue weighted by Crippen LogP contribution is 2.29. The molecule has 0 saturated carbocycles. The summed E-state index contributed by atoms with van der Waals surface area (Å²) in [6.45, 7) is 5.43. The van der Waals surface area contributed by atoms with Gasteiger partial charge in [0.25, 0.3) is 5.69 Å². The Balaban J connectivity index is 2.41. The first-order chi connectivity index (χ1) is 11.6. The highest BCUT2D eigenvalue weighted by atomic mass is 19.1. The van der Waals surface area contributed by atoms with E-state index < -0.39 is 27.9 Å². The van der Waals surface area contributed by atoms with Gasteiger partial charge < -0.3 is 9.84 Å². The summed E-state index contributed by atoms with van der Waals surface area (Å²) in [5.74, 6) is -1.10. The molecule has 0 aliphatic rings. The molecule has 0 radical (unpaired) electrons. The van der Waals surface area contributed by atoms with Gasteiger partial charge in [-0.15, -0.1) is 0 Å². The number of nitrogens with one attached hydrogen (secondary N) is 1. The quantitative estimate of drug-likeness (QED) is 0.635. The molecule has 1 aromatic carbocycles. The largest absolute Gasteiger partial charge is 0.465 e. The topological polar surface area (TPSA) is 127 Å². The molecule has 2 aromatic rings. The normalized spacial score (nSPS) is 11.0. The number of ether oxygens (including phenoxy) is 1. The van der Waals surface area contributed by atoms with Gasteiger partial charge in [0.1, 0.15) is 11.6 Å². The van der Waals surface area contributed by atoms with Crippen LogP contribution in [0.15, 0.2) is 24.3 Å². The summed E-state index contributed by atoms with van der Waals surface area (Å²) in [6, 6.07) is 4.08. The number of non-ortho nitro benzene ring substituents is 1. The van der Waals surface area contributed by atoms with Gasteiger partial charge in [-0.2, -0.15) is 4.98 Å². The van der Waals surface area contributed by atoms with Crippen LogP contribution in [0.5, 0.6) is 11.6 Å². The molecular weight excluding hydrogens is 335 g/mol. The fraction of sp³-hybridized carbons (Fsp3) is 0.267. The Morgan fingerprint density at radius 1 is 1.32 bits per heavy atom. The molecule has 9 nitrogen and oxygen atoms in total. The summed E-state index contributed by atoms with van der Waals surface area (Å²) < 4.78 is 19.3. The van der Waals surface area contributed by atoms with Crippen LogP contribution in [0.25, 0.3) is 0 Å². The van der Waals surface area contributed by atoms with Gasteiger partial charge >= 0.3 is 6.09 Å². The van der Waals surface area contributed by atoms with E-state index >= 15 is 0 Å². The zero-order valence-corrected chi connectivity index (χ0v) is 13.6. The Hall–Kier alpha value is -3.30. The third-order valence-corrected chi connectivity index (χ3v) is 2.95. The summed E-state index contributed by atoms with van der Waals surface area (Å²) >= 11 is 0. The van der Waals surface area contributed by atoms with Crippen LogP contribution in [0, 0.1) is 15.9 Å². The number of nitrogens with zero attached hydrogens (tertiary/aromatic N) is 3. The summed E-state index contributed by atoms with van der Waals surface area (Å²) in [5.41, 5.74) is -0.946. The number of rotatable bonds is 4. The van der Waals surface area contributed by atoms with Crippen molar-refractivity contribution in [2.24, 2.45) is 0 Å². The first-order valence-electron chi connectivity index (χ1n) is 7.07. The molecule has 25 heavy (non-hydrogen) atoms. The van der Waals surface area contributed by atoms with Gasteiger partial charge in [-0.3, -0.25) is 15.4 Å². The van der Waals surface area contributed by atoms with Gasteiger partial charge in [-0.05, 0) is 6.07 Å². The van der Waals surface area contributed by atoms with E-state index in [4.69, 9.17) is 9.84 Å². The zero-order chi connectivity index (χ0) is 18.8. The van der Waals surface area contributed by atoms with Crippen LogP contribution < -0.4 is 10.1 Å². The molecular formula is C15H15FN4O5. The van der Waals surface area contributed by atoms with Gasteiger partial charge in [-0.1, -0.05) is 20.8 Å². The molecule has 2 N–H and O–H groups in total. The number of carboxylic acid groups (broad SMARTS) is 1. The second kappa shape index (κ2) is 6.67. The first-order valence-corrected chi connectivity index (χ1v) is 7.07. The SMILES string of the molecule is CC(C)(C)c1nc(NC(=O)O)cc(Oc2ccc([N+](=O)[O-])cc2F)n1. The average molecular weight is 350 g/mol. The van der Waals surface area contributed by atoms with Gasteiger partial charge in [0.2, 0.25) is 5.88 Å². The molecule has 10 heteroatoms. The highest BCUT2D eigenvalue weighted by molar-refractivity contribution is 5.81. The maximum Gasteiger partial charge on any atom is 0.410 e. The van der Waals surface area contributed by atoms with Crippen LogP contribution in [0.2, 0.25) is 0 Å². The van der Waals surface area contributed by atoms with E-state index in [0.717, 1.165) is 18.2 Å². The van der Waals surface area contributed by atoms with Crippen molar-refractivity contribution in [3.8, 4) is 11.6 Å². The van der Waals surface area contributed by atoms with Crippen molar-refractivity contribution in [1.29, 1.82) is 0 Å². The van der Waals surface area contributed by atoms with Gasteiger partial charge in [0.15, 0.2) is 11.6 Å². The molecule has 132 valence electrons. The molecule has 0 atom stereocenters. The number of carbonyl (C=O) groups is 1. The lowest BCUT2D eigenvalue weighted by atomic mass is 9.96. The first kappa shape index (κ1) is 18.0. The fourth-order valence-corrected chi connectivity index (χ4v) is 1.79. The number of hydrogen-bond acceptors (Lipinski definition) is 6. The predicted octanol–water partition coefficient (Wildman–Crippen LogP) is 3.70. The lowest BCUT2D eigenvalue weighted by Gasteiger charge is -2.18. The van der Waals surface area contributed by atoms with Crippen molar-refractivity contribution < 1.29 is 24.0 Å². The van der Waals surface area contributed by atoms with Gasteiger partial charge in [0, 0.05) is 17.5 Å². The second-order valence-corrected chi connectivity index (χ2v) is 6.07. The standard InChI is InChI=1S/C15H15FN4O5/c1-15(2,3)13-17-11(18-14(21)22)7-12(19-13)25-10-5-4-8(20(23)24)6-9(10)16/h4-7H,1-3H3,(H,21,22)(H,17,18,19). The van der Waals surface area contributed by atoms with Crippen LogP contribution in [-0.2, 0) is 5.41 Å². The molecule has 1 aromatic heterocycles. The van der Waals surface area contributed by atoms with Gasteiger partial charge in [-0.25, -0.2) is 14.2 Å². The molecule has 0 saturated heterocycles. The Kier molecular flexibility index (Phi) is 4.82. The summed E-state index contributed by atoms with van der Waals surface area (Å²) in [4.78, 5) is 28.9. The molecule has 0 bridgehead atoms. The minimum atomic E-state index is -1.33. The maximum atomic E-state index is 14.0. The molecule has 0 unspecified atom stereocenters. The van der Waals surface area contributed by atoms with E-state index in [1.165, 1.54) is 6.07 Å². The third kappa shape index (κ3) is 4.59. The summed E-state index contributed by atoms with van der Waals surface area (Å²) in [7, 11) is 0. The molecule has 0 spiro atoms. The third-order valence-electron chi connectivity index (χ3n) is 2.95. The summed E-state index contributed by atoms with van der Waals surface area (Å²) in [5, 5.41) is 21.6. The number of anilines is 1. The van der Waals surface area contributed by atoms with Crippen LogP contribution in [0.1, 0.15) is 26.6 Å². The van der Waals surface area contributed by atoms with E-state index in [-0.39, 0.29) is 23.3 Å². The van der Waals surface area contributed by atoms with Crippen molar-refractivity contribution in [2.45, 2.75) is 26.2 Å². The monoisotopic (exact) mass is 350 g/mol. The smallest absolute Gasteiger partial charge is 0.410 e. The van der Waals surface area contributed by atoms with Crippen LogP contribution in [0.4, 0.5) is 20.7 Å². The Labute approximate surface area is 141 Å². The lowest BCUT2D eigenvalue weighted by molar-refractivity contribution is -0.385. The predicted molar refractivity (Wildman–Crippen MR) is 85.5 cm³/mol. The molecule has 0 aliphatic carbocycles. The number of benzene rings is 1. The van der Waals surface area contributed by atoms with E-state index in [0.29, 0.717) is 0 Å². The number of hydrogen-bond donors (Lipinski definition) is 2. The van der Waals surface area contributed by atoms with E-state index in [1.54, 1.807) is 0 Å². The number of halogens is 1. The number of nitro groups is 1. The second-order valence-electron chi connectivity index (χ2n) is 6.07. The number of amides is 1. The molecule has 2 rings (SSSR count).